The van der Waals surface area contributed by atoms with Crippen LogP contribution in [0.1, 0.15) is 0 Å². The molecule has 0 aromatic heterocycles. The Balaban J connectivity index is 1.12. The topological polar surface area (TPSA) is 0 Å². The first-order chi connectivity index (χ1) is 28.8. The van der Waals surface area contributed by atoms with Gasteiger partial charge in [0.15, 0.2) is 0 Å². The molecule has 0 spiro atoms. The lowest BCUT2D eigenvalue weighted by Crippen LogP contribution is -1.94. The summed E-state index contributed by atoms with van der Waals surface area (Å²) in [7, 11) is 0. The van der Waals surface area contributed by atoms with Crippen molar-refractivity contribution in [3.63, 3.8) is 0 Å². The van der Waals surface area contributed by atoms with Gasteiger partial charge in [-0.1, -0.05) is 218 Å². The van der Waals surface area contributed by atoms with Crippen LogP contribution in [-0.2, 0) is 0 Å². The predicted octanol–water partition coefficient (Wildman–Crippen LogP) is 16.4. The maximum atomic E-state index is 2.40. The fraction of sp³-hybridized carbons (Fsp3) is 0. The second kappa shape index (κ2) is 13.0. The zero-order valence-electron chi connectivity index (χ0n) is 31.8. The van der Waals surface area contributed by atoms with E-state index in [4.69, 9.17) is 0 Å². The van der Waals surface area contributed by atoms with Crippen molar-refractivity contribution < 1.29 is 0 Å². The molecule has 12 aromatic carbocycles. The third-order valence-corrected chi connectivity index (χ3v) is 12.4. The van der Waals surface area contributed by atoms with Gasteiger partial charge >= 0.3 is 0 Å². The molecule has 0 bridgehead atoms. The molecule has 0 fully saturated rings. The average molecular weight is 733 g/mol. The van der Waals surface area contributed by atoms with Crippen LogP contribution in [0.15, 0.2) is 218 Å². The average Bonchev–Trinajstić information content (AvgIpc) is 3.30. The summed E-state index contributed by atoms with van der Waals surface area (Å²) in [6.07, 6.45) is 0. The Bertz CT molecular complexity index is 3520. The third-order valence-electron chi connectivity index (χ3n) is 12.4. The Morgan fingerprint density at radius 1 is 0.155 bits per heavy atom. The lowest BCUT2D eigenvalue weighted by atomic mass is 9.81. The van der Waals surface area contributed by atoms with Crippen LogP contribution in [0.4, 0.5) is 0 Å². The van der Waals surface area contributed by atoms with Gasteiger partial charge in [0.2, 0.25) is 0 Å². The number of rotatable bonds is 5. The lowest BCUT2D eigenvalue weighted by Gasteiger charge is -2.22. The van der Waals surface area contributed by atoms with Crippen molar-refractivity contribution in [2.45, 2.75) is 0 Å². The Morgan fingerprint density at radius 3 is 1.33 bits per heavy atom. The highest BCUT2D eigenvalue weighted by Gasteiger charge is 2.22. The molecule has 0 saturated heterocycles. The standard InChI is InChI=1S/C58H36/c1-3-15-37(16-4-1)38-29-31-40(32-30-38)42-33-35-52(45-22-10-9-21-44(42)45)56-48-23-11-12-24-50(48)58-54-36-34-46(43-20-8-7-19-41(43)39-17-5-2-6-18-39)47-25-13-26-49(55(47)54)51-27-14-28-53(56)57(51)58/h1-36H. The van der Waals surface area contributed by atoms with Crippen LogP contribution in [0.3, 0.4) is 0 Å². The van der Waals surface area contributed by atoms with Gasteiger partial charge in [-0.25, -0.2) is 0 Å². The Hall–Kier alpha value is -7.54. The van der Waals surface area contributed by atoms with Crippen molar-refractivity contribution in [3.8, 4) is 55.6 Å². The van der Waals surface area contributed by atoms with Crippen LogP contribution in [0.2, 0.25) is 0 Å². The summed E-state index contributed by atoms with van der Waals surface area (Å²) in [5, 5.41) is 15.5. The summed E-state index contributed by atoms with van der Waals surface area (Å²) in [5.41, 5.74) is 12.5. The van der Waals surface area contributed by atoms with Gasteiger partial charge in [-0.15, -0.1) is 0 Å². The first kappa shape index (κ1) is 32.7. The number of hydrogen-bond donors (Lipinski definition) is 0. The normalized spacial score (nSPS) is 11.8. The first-order valence-corrected chi connectivity index (χ1v) is 20.2. The van der Waals surface area contributed by atoms with Crippen molar-refractivity contribution in [1.29, 1.82) is 0 Å². The Morgan fingerprint density at radius 2 is 0.586 bits per heavy atom. The van der Waals surface area contributed by atoms with Gasteiger partial charge < -0.3 is 0 Å². The molecule has 268 valence electrons. The second-order valence-corrected chi connectivity index (χ2v) is 15.5. The highest BCUT2D eigenvalue weighted by molar-refractivity contribution is 6.41. The largest absolute Gasteiger partial charge is 0.0622 e. The van der Waals surface area contributed by atoms with E-state index in [1.807, 2.05) is 0 Å². The van der Waals surface area contributed by atoms with Gasteiger partial charge in [0.1, 0.15) is 0 Å². The fourth-order valence-electron chi connectivity index (χ4n) is 9.93. The van der Waals surface area contributed by atoms with Crippen LogP contribution in [-0.4, -0.2) is 0 Å². The molecule has 12 rings (SSSR count). The first-order valence-electron chi connectivity index (χ1n) is 20.2. The van der Waals surface area contributed by atoms with E-state index in [-0.39, 0.29) is 0 Å². The van der Waals surface area contributed by atoms with Gasteiger partial charge in [0, 0.05) is 0 Å². The van der Waals surface area contributed by atoms with E-state index in [0.717, 1.165) is 0 Å². The van der Waals surface area contributed by atoms with Gasteiger partial charge in [-0.2, -0.15) is 0 Å². The van der Waals surface area contributed by atoms with Crippen molar-refractivity contribution in [1.82, 2.24) is 0 Å². The van der Waals surface area contributed by atoms with Crippen LogP contribution in [0.5, 0.6) is 0 Å². The summed E-state index contributed by atoms with van der Waals surface area (Å²) < 4.78 is 0. The number of fused-ring (bicyclic) bond motifs is 5. The van der Waals surface area contributed by atoms with E-state index >= 15 is 0 Å². The van der Waals surface area contributed by atoms with Crippen LogP contribution in [0.25, 0.3) is 120 Å². The van der Waals surface area contributed by atoms with E-state index in [1.54, 1.807) is 0 Å². The molecular weight excluding hydrogens is 697 g/mol. The molecule has 12 aromatic rings. The summed E-state index contributed by atoms with van der Waals surface area (Å²) >= 11 is 0. The molecule has 0 radical (unpaired) electrons. The fourth-order valence-corrected chi connectivity index (χ4v) is 9.93. The SMILES string of the molecule is c1ccc(-c2ccc(-c3ccc(-c4c5ccccc5c5c6ccc(-c7ccccc7-c7ccccc7)c7cccc(c8cccc4c85)c76)c4ccccc34)cc2)cc1. The molecule has 0 saturated carbocycles. The molecule has 0 atom stereocenters. The second-order valence-electron chi connectivity index (χ2n) is 15.5. The quantitative estimate of drug-likeness (QED) is 0.122. The molecule has 0 unspecified atom stereocenters. The van der Waals surface area contributed by atoms with Crippen molar-refractivity contribution in [2.75, 3.05) is 0 Å². The van der Waals surface area contributed by atoms with E-state index in [1.165, 1.54) is 120 Å². The molecule has 0 aliphatic carbocycles. The molecule has 0 nitrogen and oxygen atoms in total. The smallest absolute Gasteiger partial charge is 0.00137 e. The lowest BCUT2D eigenvalue weighted by molar-refractivity contribution is 1.60. The van der Waals surface area contributed by atoms with E-state index in [9.17, 15) is 0 Å². The Labute approximate surface area is 337 Å². The molecular formula is C58H36. The van der Waals surface area contributed by atoms with Crippen LogP contribution >= 0.6 is 0 Å². The monoisotopic (exact) mass is 732 g/mol. The zero-order valence-corrected chi connectivity index (χ0v) is 31.8. The number of benzene rings is 12. The van der Waals surface area contributed by atoms with Crippen molar-refractivity contribution >= 4 is 64.6 Å². The van der Waals surface area contributed by atoms with Crippen LogP contribution in [0, 0.1) is 0 Å². The van der Waals surface area contributed by atoms with Gasteiger partial charge in [-0.3, -0.25) is 0 Å². The maximum absolute atomic E-state index is 2.40. The third kappa shape index (κ3) is 4.89. The van der Waals surface area contributed by atoms with E-state index in [2.05, 4.69) is 218 Å². The minimum atomic E-state index is 1.22. The highest BCUT2D eigenvalue weighted by atomic mass is 14.3. The zero-order chi connectivity index (χ0) is 38.2. The highest BCUT2D eigenvalue weighted by Crippen LogP contribution is 2.50. The molecule has 0 heteroatoms. The van der Waals surface area contributed by atoms with Crippen LogP contribution < -0.4 is 0 Å². The molecule has 0 aliphatic heterocycles. The molecule has 0 aliphatic rings. The molecule has 58 heavy (non-hydrogen) atoms. The van der Waals surface area contributed by atoms with Gasteiger partial charge in [0.25, 0.3) is 0 Å². The van der Waals surface area contributed by atoms with E-state index in [0.29, 0.717) is 0 Å². The minimum absolute atomic E-state index is 1.22. The van der Waals surface area contributed by atoms with Crippen molar-refractivity contribution in [3.05, 3.63) is 218 Å². The summed E-state index contributed by atoms with van der Waals surface area (Å²) in [6, 6.07) is 80.6. The van der Waals surface area contributed by atoms with Gasteiger partial charge in [0.05, 0.1) is 0 Å². The summed E-state index contributed by atoms with van der Waals surface area (Å²) in [4.78, 5) is 0. The predicted molar refractivity (Wildman–Crippen MR) is 250 cm³/mol. The maximum Gasteiger partial charge on any atom is -0.00137 e. The summed E-state index contributed by atoms with van der Waals surface area (Å²) in [5.74, 6) is 0. The molecule has 0 amide bonds. The van der Waals surface area contributed by atoms with Crippen molar-refractivity contribution in [2.24, 2.45) is 0 Å². The van der Waals surface area contributed by atoms with Gasteiger partial charge in [-0.05, 0) is 120 Å². The number of hydrogen-bond acceptors (Lipinski definition) is 0. The summed E-state index contributed by atoms with van der Waals surface area (Å²) in [6.45, 7) is 0. The molecule has 0 heterocycles. The Kier molecular flexibility index (Phi) is 7.33. The van der Waals surface area contributed by atoms with E-state index < -0.39 is 0 Å². The minimum Gasteiger partial charge on any atom is -0.0622 e. The molecule has 0 N–H and O–H groups in total.